The van der Waals surface area contributed by atoms with E-state index in [1.807, 2.05) is 24.4 Å². The molecule has 0 radical (unpaired) electrons. The molecule has 1 atom stereocenters. The molecule has 4 N–H and O–H groups in total. The predicted molar refractivity (Wildman–Crippen MR) is 68.7 cm³/mol. The Balaban J connectivity index is 2.05. The molecule has 4 heteroatoms. The molecule has 2 aromatic rings. The van der Waals surface area contributed by atoms with E-state index in [9.17, 15) is 4.79 Å². The maximum atomic E-state index is 10.8. The number of carbonyl (C=O) groups is 1. The smallest absolute Gasteiger partial charge is 0.216 e. The van der Waals surface area contributed by atoms with E-state index in [1.54, 1.807) is 0 Å². The molecular weight excluding hydrogens is 214 g/mol. The summed E-state index contributed by atoms with van der Waals surface area (Å²) in [6.07, 6.45) is 2.74. The van der Waals surface area contributed by atoms with Crippen LogP contribution in [0.1, 0.15) is 12.5 Å². The Morgan fingerprint density at radius 3 is 3.00 bits per heavy atom. The van der Waals surface area contributed by atoms with Gasteiger partial charge in [-0.25, -0.2) is 0 Å². The molecule has 2 rings (SSSR count). The van der Waals surface area contributed by atoms with Gasteiger partial charge in [0.25, 0.3) is 0 Å². The highest BCUT2D eigenvalue weighted by Gasteiger charge is 2.08. The maximum absolute atomic E-state index is 10.8. The van der Waals surface area contributed by atoms with Crippen molar-refractivity contribution < 1.29 is 4.79 Å². The lowest BCUT2D eigenvalue weighted by molar-refractivity contribution is -0.119. The van der Waals surface area contributed by atoms with Crippen molar-refractivity contribution in [2.45, 2.75) is 19.4 Å². The number of amides is 1. The number of nitrogens with one attached hydrogen (secondary N) is 2. The number of rotatable bonds is 4. The number of benzene rings is 1. The second kappa shape index (κ2) is 5.01. The Kier molecular flexibility index (Phi) is 3.44. The van der Waals surface area contributed by atoms with Gasteiger partial charge >= 0.3 is 0 Å². The fraction of sp³-hybridized carbons (Fsp3) is 0.308. The van der Waals surface area contributed by atoms with E-state index >= 15 is 0 Å². The van der Waals surface area contributed by atoms with Crippen molar-refractivity contribution in [1.29, 1.82) is 0 Å². The van der Waals surface area contributed by atoms with Gasteiger partial charge in [-0.3, -0.25) is 4.79 Å². The van der Waals surface area contributed by atoms with Crippen LogP contribution < -0.4 is 11.1 Å². The standard InChI is InChI=1S/C13H17N3O/c1-9(17)15-8-11(14)6-10-7-16-13-5-3-2-4-12(10)13/h2-5,7,11,16H,6,8,14H2,1H3,(H,15,17). The second-order valence-corrected chi connectivity index (χ2v) is 4.26. The van der Waals surface area contributed by atoms with Crippen molar-refractivity contribution in [2.24, 2.45) is 5.73 Å². The maximum Gasteiger partial charge on any atom is 0.216 e. The average molecular weight is 231 g/mol. The fourth-order valence-electron chi connectivity index (χ4n) is 1.93. The fourth-order valence-corrected chi connectivity index (χ4v) is 1.93. The highest BCUT2D eigenvalue weighted by Crippen LogP contribution is 2.18. The molecule has 1 unspecified atom stereocenters. The normalized spacial score (nSPS) is 12.6. The highest BCUT2D eigenvalue weighted by molar-refractivity contribution is 5.83. The predicted octanol–water partition coefficient (Wildman–Crippen LogP) is 1.17. The van der Waals surface area contributed by atoms with Crippen LogP contribution in [0, 0.1) is 0 Å². The SMILES string of the molecule is CC(=O)NCC(N)Cc1c[nH]c2ccccc12. The summed E-state index contributed by atoms with van der Waals surface area (Å²) in [7, 11) is 0. The molecule has 90 valence electrons. The monoisotopic (exact) mass is 231 g/mol. The van der Waals surface area contributed by atoms with Crippen LogP contribution in [0.4, 0.5) is 0 Å². The quantitative estimate of drug-likeness (QED) is 0.739. The van der Waals surface area contributed by atoms with Crippen LogP contribution in [0.3, 0.4) is 0 Å². The van der Waals surface area contributed by atoms with Gasteiger partial charge in [-0.05, 0) is 18.1 Å². The molecule has 0 aliphatic heterocycles. The lowest BCUT2D eigenvalue weighted by Crippen LogP contribution is -2.37. The molecule has 4 nitrogen and oxygen atoms in total. The molecular formula is C13H17N3O. The Labute approximate surface area is 100 Å². The van der Waals surface area contributed by atoms with Crippen LogP contribution in [-0.2, 0) is 11.2 Å². The van der Waals surface area contributed by atoms with Crippen LogP contribution in [0.25, 0.3) is 10.9 Å². The zero-order valence-corrected chi connectivity index (χ0v) is 9.86. The molecule has 1 amide bonds. The molecule has 1 aromatic heterocycles. The molecule has 1 heterocycles. The Hall–Kier alpha value is -1.81. The third-order valence-electron chi connectivity index (χ3n) is 2.77. The van der Waals surface area contributed by atoms with Gasteiger partial charge < -0.3 is 16.0 Å². The van der Waals surface area contributed by atoms with Crippen molar-refractivity contribution >= 4 is 16.8 Å². The van der Waals surface area contributed by atoms with E-state index < -0.39 is 0 Å². The molecule has 17 heavy (non-hydrogen) atoms. The molecule has 1 aromatic carbocycles. The Morgan fingerprint density at radius 2 is 2.24 bits per heavy atom. The van der Waals surface area contributed by atoms with Gasteiger partial charge in [-0.2, -0.15) is 0 Å². The molecule has 0 saturated carbocycles. The van der Waals surface area contributed by atoms with E-state index in [0.29, 0.717) is 6.54 Å². The summed E-state index contributed by atoms with van der Waals surface area (Å²) in [4.78, 5) is 14.0. The Morgan fingerprint density at radius 1 is 1.47 bits per heavy atom. The number of carbonyl (C=O) groups excluding carboxylic acids is 1. The zero-order valence-electron chi connectivity index (χ0n) is 9.86. The van der Waals surface area contributed by atoms with Crippen molar-refractivity contribution in [2.75, 3.05) is 6.54 Å². The summed E-state index contributed by atoms with van der Waals surface area (Å²) >= 11 is 0. The molecule has 0 aliphatic rings. The average Bonchev–Trinajstić information content (AvgIpc) is 2.70. The van der Waals surface area contributed by atoms with Crippen molar-refractivity contribution in [1.82, 2.24) is 10.3 Å². The van der Waals surface area contributed by atoms with E-state index in [4.69, 9.17) is 5.73 Å². The summed E-state index contributed by atoms with van der Waals surface area (Å²) in [5.41, 5.74) is 8.29. The van der Waals surface area contributed by atoms with Gasteiger partial charge in [0.2, 0.25) is 5.91 Å². The van der Waals surface area contributed by atoms with Crippen LogP contribution in [0.5, 0.6) is 0 Å². The number of hydrogen-bond acceptors (Lipinski definition) is 2. The number of aromatic nitrogens is 1. The minimum atomic E-state index is -0.0573. The third kappa shape index (κ3) is 2.85. The molecule has 0 aliphatic carbocycles. The minimum Gasteiger partial charge on any atom is -0.361 e. The van der Waals surface area contributed by atoms with Gasteiger partial charge in [-0.1, -0.05) is 18.2 Å². The van der Waals surface area contributed by atoms with Gasteiger partial charge in [0.05, 0.1) is 0 Å². The summed E-state index contributed by atoms with van der Waals surface area (Å²) in [6, 6.07) is 8.07. The summed E-state index contributed by atoms with van der Waals surface area (Å²) < 4.78 is 0. The highest BCUT2D eigenvalue weighted by atomic mass is 16.1. The molecule has 0 saturated heterocycles. The summed E-state index contributed by atoms with van der Waals surface area (Å²) in [5, 5.41) is 3.93. The van der Waals surface area contributed by atoms with Crippen LogP contribution >= 0.6 is 0 Å². The number of H-pyrrole nitrogens is 1. The largest absolute Gasteiger partial charge is 0.361 e. The lowest BCUT2D eigenvalue weighted by Gasteiger charge is -2.11. The van der Waals surface area contributed by atoms with Crippen LogP contribution in [-0.4, -0.2) is 23.5 Å². The van der Waals surface area contributed by atoms with Gasteiger partial charge in [0.1, 0.15) is 0 Å². The first-order valence-corrected chi connectivity index (χ1v) is 5.72. The van der Waals surface area contributed by atoms with Crippen molar-refractivity contribution in [3.05, 3.63) is 36.0 Å². The van der Waals surface area contributed by atoms with E-state index in [1.165, 1.54) is 17.9 Å². The minimum absolute atomic E-state index is 0.0422. The zero-order chi connectivity index (χ0) is 12.3. The molecule has 0 spiro atoms. The lowest BCUT2D eigenvalue weighted by atomic mass is 10.1. The van der Waals surface area contributed by atoms with Gasteiger partial charge in [0, 0.05) is 36.6 Å². The second-order valence-electron chi connectivity index (χ2n) is 4.26. The van der Waals surface area contributed by atoms with Crippen LogP contribution in [0.15, 0.2) is 30.5 Å². The first-order chi connectivity index (χ1) is 8.16. The first-order valence-electron chi connectivity index (χ1n) is 5.72. The topological polar surface area (TPSA) is 70.9 Å². The van der Waals surface area contributed by atoms with Crippen LogP contribution in [0.2, 0.25) is 0 Å². The number of fused-ring (bicyclic) bond motifs is 1. The summed E-state index contributed by atoms with van der Waals surface area (Å²) in [5.74, 6) is -0.0422. The van der Waals surface area contributed by atoms with Gasteiger partial charge in [-0.15, -0.1) is 0 Å². The Bertz CT molecular complexity index is 518. The van der Waals surface area contributed by atoms with E-state index in [-0.39, 0.29) is 11.9 Å². The van der Waals surface area contributed by atoms with Crippen molar-refractivity contribution in [3.8, 4) is 0 Å². The van der Waals surface area contributed by atoms with Gasteiger partial charge in [0.15, 0.2) is 0 Å². The van der Waals surface area contributed by atoms with E-state index in [2.05, 4.69) is 16.4 Å². The number of para-hydroxylation sites is 1. The van der Waals surface area contributed by atoms with Crippen molar-refractivity contribution in [3.63, 3.8) is 0 Å². The first kappa shape index (κ1) is 11.7. The third-order valence-corrected chi connectivity index (χ3v) is 2.77. The van der Waals surface area contributed by atoms with E-state index in [0.717, 1.165) is 11.9 Å². The molecule has 0 bridgehead atoms. The summed E-state index contributed by atoms with van der Waals surface area (Å²) in [6.45, 7) is 2.01. The number of nitrogens with two attached hydrogens (primary N) is 1. The number of aromatic amines is 1. The number of hydrogen-bond donors (Lipinski definition) is 3. The molecule has 0 fully saturated rings.